The highest BCUT2D eigenvalue weighted by Crippen LogP contribution is 2.40. The zero-order valence-corrected chi connectivity index (χ0v) is 10.4. The van der Waals surface area contributed by atoms with Gasteiger partial charge in [-0.05, 0) is 24.6 Å². The van der Waals surface area contributed by atoms with Gasteiger partial charge in [-0.2, -0.15) is 0 Å². The van der Waals surface area contributed by atoms with E-state index in [1.165, 1.54) is 28.3 Å². The molecule has 0 aliphatic carbocycles. The Kier molecular flexibility index (Phi) is 4.60. The Morgan fingerprint density at radius 3 is 1.71 bits per heavy atom. The van der Waals surface area contributed by atoms with E-state index in [0.29, 0.717) is 22.8 Å². The molecule has 0 bridgehead atoms. The summed E-state index contributed by atoms with van der Waals surface area (Å²) in [5, 5.41) is 19.2. The lowest BCUT2D eigenvalue weighted by Crippen LogP contribution is -2.14. The van der Waals surface area contributed by atoms with Crippen LogP contribution in [-0.4, -0.2) is 37.6 Å². The van der Waals surface area contributed by atoms with Crippen LogP contribution < -0.4 is 14.2 Å². The summed E-state index contributed by atoms with van der Waals surface area (Å²) in [7, 11) is 4.50. The lowest BCUT2D eigenvalue weighted by molar-refractivity contribution is 0.0302. The first kappa shape index (κ1) is 13.6. The fourth-order valence-electron chi connectivity index (χ4n) is 1.55. The van der Waals surface area contributed by atoms with Crippen molar-refractivity contribution in [2.45, 2.75) is 19.1 Å². The highest BCUT2D eigenvalue weighted by molar-refractivity contribution is 5.54. The molecule has 96 valence electrons. The number of methoxy groups -OCH3 is 3. The monoisotopic (exact) mass is 242 g/mol. The van der Waals surface area contributed by atoms with Crippen molar-refractivity contribution in [1.29, 1.82) is 0 Å². The lowest BCUT2D eigenvalue weighted by atomic mass is 10.0. The second-order valence-corrected chi connectivity index (χ2v) is 3.64. The molecule has 0 fully saturated rings. The third kappa shape index (κ3) is 2.81. The van der Waals surface area contributed by atoms with Gasteiger partial charge in [0.05, 0.1) is 27.4 Å². The predicted molar refractivity (Wildman–Crippen MR) is 62.7 cm³/mol. The number of hydrogen-bond donors (Lipinski definition) is 2. The Hall–Kier alpha value is -1.46. The Morgan fingerprint density at radius 1 is 0.941 bits per heavy atom. The van der Waals surface area contributed by atoms with Crippen molar-refractivity contribution >= 4 is 0 Å². The Morgan fingerprint density at radius 2 is 1.41 bits per heavy atom. The summed E-state index contributed by atoms with van der Waals surface area (Å²) in [6.07, 6.45) is -1.87. The average molecular weight is 242 g/mol. The summed E-state index contributed by atoms with van der Waals surface area (Å²) in [5.74, 6) is 1.35. The van der Waals surface area contributed by atoms with Crippen molar-refractivity contribution < 1.29 is 24.4 Å². The molecule has 1 rings (SSSR count). The van der Waals surface area contributed by atoms with Crippen molar-refractivity contribution in [1.82, 2.24) is 0 Å². The highest BCUT2D eigenvalue weighted by Gasteiger charge is 2.19. The Labute approximate surface area is 101 Å². The zero-order chi connectivity index (χ0) is 13.0. The van der Waals surface area contributed by atoms with Crippen LogP contribution in [-0.2, 0) is 0 Å². The highest BCUT2D eigenvalue weighted by atomic mass is 16.5. The van der Waals surface area contributed by atoms with E-state index < -0.39 is 12.2 Å². The molecule has 0 spiro atoms. The number of benzene rings is 1. The molecule has 1 aromatic rings. The number of aliphatic hydroxyl groups is 2. The molecule has 2 N–H and O–H groups in total. The van der Waals surface area contributed by atoms with Crippen LogP contribution in [0.5, 0.6) is 17.2 Å². The van der Waals surface area contributed by atoms with Crippen molar-refractivity contribution in [3.05, 3.63) is 17.7 Å². The van der Waals surface area contributed by atoms with Crippen LogP contribution in [0.1, 0.15) is 18.6 Å². The van der Waals surface area contributed by atoms with Crippen molar-refractivity contribution in [2.75, 3.05) is 21.3 Å². The van der Waals surface area contributed by atoms with Crippen LogP contribution in [0.2, 0.25) is 0 Å². The predicted octanol–water partition coefficient (Wildman–Crippen LogP) is 1.13. The maximum absolute atomic E-state index is 9.80. The molecule has 0 aliphatic rings. The first-order valence-electron chi connectivity index (χ1n) is 5.21. The van der Waals surface area contributed by atoms with Crippen LogP contribution in [0.3, 0.4) is 0 Å². The van der Waals surface area contributed by atoms with Gasteiger partial charge >= 0.3 is 0 Å². The minimum atomic E-state index is -0.997. The Bertz CT molecular complexity index is 350. The van der Waals surface area contributed by atoms with E-state index in [-0.39, 0.29) is 0 Å². The smallest absolute Gasteiger partial charge is 0.203 e. The van der Waals surface area contributed by atoms with Crippen LogP contribution in [0.4, 0.5) is 0 Å². The second-order valence-electron chi connectivity index (χ2n) is 3.64. The summed E-state index contributed by atoms with van der Waals surface area (Å²) in [5.41, 5.74) is 0.509. The quantitative estimate of drug-likeness (QED) is 0.810. The van der Waals surface area contributed by atoms with Gasteiger partial charge in [0.1, 0.15) is 6.10 Å². The largest absolute Gasteiger partial charge is 0.493 e. The molecule has 0 aromatic heterocycles. The van der Waals surface area contributed by atoms with Gasteiger partial charge in [0.25, 0.3) is 0 Å². The zero-order valence-electron chi connectivity index (χ0n) is 10.4. The van der Waals surface area contributed by atoms with Gasteiger partial charge in [-0.1, -0.05) is 0 Å². The van der Waals surface area contributed by atoms with Gasteiger partial charge in [-0.25, -0.2) is 0 Å². The van der Waals surface area contributed by atoms with E-state index in [1.54, 1.807) is 12.1 Å². The summed E-state index contributed by atoms with van der Waals surface area (Å²) in [6.45, 7) is 1.51. The molecule has 0 unspecified atom stereocenters. The minimum Gasteiger partial charge on any atom is -0.493 e. The molecule has 1 aromatic carbocycles. The van der Waals surface area contributed by atoms with E-state index in [1.807, 2.05) is 0 Å². The molecule has 17 heavy (non-hydrogen) atoms. The molecule has 2 atom stereocenters. The van der Waals surface area contributed by atoms with Crippen LogP contribution in [0, 0.1) is 0 Å². The second kappa shape index (κ2) is 5.75. The molecule has 5 nitrogen and oxygen atoms in total. The van der Waals surface area contributed by atoms with E-state index >= 15 is 0 Å². The molecule has 0 heterocycles. The maximum Gasteiger partial charge on any atom is 0.203 e. The van der Waals surface area contributed by atoms with Gasteiger partial charge < -0.3 is 24.4 Å². The van der Waals surface area contributed by atoms with E-state index in [2.05, 4.69) is 0 Å². The van der Waals surface area contributed by atoms with Gasteiger partial charge in [-0.15, -0.1) is 0 Å². The molecule has 0 saturated carbocycles. The molecule has 0 radical (unpaired) electrons. The summed E-state index contributed by atoms with van der Waals surface area (Å²) in [4.78, 5) is 0. The maximum atomic E-state index is 9.80. The standard InChI is InChI=1S/C12H18O5/c1-7(13)11(14)8-5-9(15-2)12(17-4)10(6-8)16-3/h5-7,11,13-14H,1-4H3/t7-,11+/m1/s1. The SMILES string of the molecule is COc1cc([C@@H](O)[C@@H](C)O)cc(OC)c1OC. The third-order valence-corrected chi connectivity index (χ3v) is 2.49. The van der Waals surface area contributed by atoms with Crippen LogP contribution in [0.15, 0.2) is 12.1 Å². The Balaban J connectivity index is 3.27. The fourth-order valence-corrected chi connectivity index (χ4v) is 1.55. The summed E-state index contributed by atoms with van der Waals surface area (Å²) < 4.78 is 15.5. The van der Waals surface area contributed by atoms with Gasteiger partial charge in [0, 0.05) is 0 Å². The van der Waals surface area contributed by atoms with Gasteiger partial charge in [0.15, 0.2) is 11.5 Å². The molecular weight excluding hydrogens is 224 g/mol. The number of hydrogen-bond acceptors (Lipinski definition) is 5. The summed E-state index contributed by atoms with van der Waals surface area (Å²) in [6, 6.07) is 3.22. The van der Waals surface area contributed by atoms with Crippen LogP contribution in [0.25, 0.3) is 0 Å². The minimum absolute atomic E-state index is 0.446. The van der Waals surface area contributed by atoms with Crippen molar-refractivity contribution in [2.24, 2.45) is 0 Å². The number of rotatable bonds is 5. The number of aliphatic hydroxyl groups excluding tert-OH is 2. The molecule has 5 heteroatoms. The first-order valence-corrected chi connectivity index (χ1v) is 5.21. The van der Waals surface area contributed by atoms with Crippen molar-refractivity contribution in [3.63, 3.8) is 0 Å². The number of ether oxygens (including phenoxy) is 3. The van der Waals surface area contributed by atoms with Gasteiger partial charge in [-0.3, -0.25) is 0 Å². The summed E-state index contributed by atoms with van der Waals surface area (Å²) >= 11 is 0. The molecule has 0 amide bonds. The van der Waals surface area contributed by atoms with E-state index in [4.69, 9.17) is 14.2 Å². The third-order valence-electron chi connectivity index (χ3n) is 2.49. The fraction of sp³-hybridized carbons (Fsp3) is 0.500. The van der Waals surface area contributed by atoms with Crippen LogP contribution >= 0.6 is 0 Å². The molecule has 0 aliphatic heterocycles. The van der Waals surface area contributed by atoms with E-state index in [0.717, 1.165) is 0 Å². The van der Waals surface area contributed by atoms with Crippen molar-refractivity contribution in [3.8, 4) is 17.2 Å². The van der Waals surface area contributed by atoms with E-state index in [9.17, 15) is 10.2 Å². The first-order chi connectivity index (χ1) is 8.04. The lowest BCUT2D eigenvalue weighted by Gasteiger charge is -2.18. The average Bonchev–Trinajstić information content (AvgIpc) is 2.35. The molecular formula is C12H18O5. The topological polar surface area (TPSA) is 68.2 Å². The normalized spacial score (nSPS) is 14.0. The molecule has 0 saturated heterocycles. The van der Waals surface area contributed by atoms with Gasteiger partial charge in [0.2, 0.25) is 5.75 Å².